The highest BCUT2D eigenvalue weighted by molar-refractivity contribution is 9.11. The van der Waals surface area contributed by atoms with Crippen LogP contribution in [0.2, 0.25) is 0 Å². The number of rotatable bonds is 5. The predicted molar refractivity (Wildman–Crippen MR) is 66.1 cm³/mol. The maximum absolute atomic E-state index is 5.51. The summed E-state index contributed by atoms with van der Waals surface area (Å²) in [6.45, 7) is 5.92. The molecule has 78 valence electrons. The van der Waals surface area contributed by atoms with Crippen molar-refractivity contribution in [1.82, 2.24) is 5.43 Å². The second kappa shape index (κ2) is 5.66. The molecule has 0 radical (unpaired) electrons. The average Bonchev–Trinajstić information content (AvgIpc) is 2.53. The highest BCUT2D eigenvalue weighted by atomic mass is 79.9. The smallest absolute Gasteiger partial charge is 0.0701 e. The van der Waals surface area contributed by atoms with E-state index in [4.69, 9.17) is 5.84 Å². The Morgan fingerprint density at radius 2 is 2.50 bits per heavy atom. The summed E-state index contributed by atoms with van der Waals surface area (Å²) in [5, 5.41) is 2.12. The molecule has 1 rings (SSSR count). The highest BCUT2D eigenvalue weighted by Crippen LogP contribution is 2.27. The third-order valence-corrected chi connectivity index (χ3v) is 3.57. The molecule has 3 N–H and O–H groups in total. The van der Waals surface area contributed by atoms with Crippen LogP contribution >= 0.6 is 27.3 Å². The lowest BCUT2D eigenvalue weighted by molar-refractivity contribution is 0.517. The summed E-state index contributed by atoms with van der Waals surface area (Å²) in [5.41, 5.74) is 5.27. The maximum Gasteiger partial charge on any atom is 0.0701 e. The van der Waals surface area contributed by atoms with Crippen LogP contribution in [0.1, 0.15) is 31.4 Å². The Kier molecular flexibility index (Phi) is 4.81. The Labute approximate surface area is 97.3 Å². The number of hydrogen-bond donors (Lipinski definition) is 2. The normalized spacial score (nSPS) is 12.8. The summed E-state index contributed by atoms with van der Waals surface area (Å²) in [6.07, 6.45) is 2.00. The number of thiophene rings is 1. The van der Waals surface area contributed by atoms with Gasteiger partial charge in [0.05, 0.1) is 3.79 Å². The molecule has 0 saturated carbocycles. The molecule has 0 aromatic carbocycles. The first-order chi connectivity index (χ1) is 6.63. The first-order valence-electron chi connectivity index (χ1n) is 4.48. The van der Waals surface area contributed by atoms with E-state index >= 15 is 0 Å². The molecule has 14 heavy (non-hydrogen) atoms. The molecule has 2 nitrogen and oxygen atoms in total. The molecular formula is C10H15BrN2S. The van der Waals surface area contributed by atoms with E-state index in [9.17, 15) is 0 Å². The molecule has 0 aliphatic heterocycles. The van der Waals surface area contributed by atoms with E-state index < -0.39 is 0 Å². The largest absolute Gasteiger partial charge is 0.271 e. The molecule has 1 aromatic heterocycles. The van der Waals surface area contributed by atoms with Gasteiger partial charge in [0.15, 0.2) is 0 Å². The van der Waals surface area contributed by atoms with Crippen molar-refractivity contribution in [1.29, 1.82) is 0 Å². The van der Waals surface area contributed by atoms with Gasteiger partial charge in [0.1, 0.15) is 0 Å². The molecule has 1 unspecified atom stereocenters. The van der Waals surface area contributed by atoms with Crippen molar-refractivity contribution in [2.75, 3.05) is 0 Å². The van der Waals surface area contributed by atoms with Crippen molar-refractivity contribution in [3.05, 3.63) is 32.9 Å². The minimum Gasteiger partial charge on any atom is -0.271 e. The van der Waals surface area contributed by atoms with Gasteiger partial charge < -0.3 is 0 Å². The lowest BCUT2D eigenvalue weighted by Gasteiger charge is -2.14. The van der Waals surface area contributed by atoms with Crippen LogP contribution in [-0.4, -0.2) is 0 Å². The molecule has 0 saturated heterocycles. The third-order valence-electron chi connectivity index (χ3n) is 2.05. The van der Waals surface area contributed by atoms with E-state index in [0.29, 0.717) is 0 Å². The van der Waals surface area contributed by atoms with Gasteiger partial charge in [0.25, 0.3) is 0 Å². The van der Waals surface area contributed by atoms with E-state index in [2.05, 4.69) is 39.4 Å². The second-order valence-electron chi connectivity index (χ2n) is 3.40. The molecule has 0 fully saturated rings. The minimum atomic E-state index is 0.231. The maximum atomic E-state index is 5.51. The molecule has 0 amide bonds. The van der Waals surface area contributed by atoms with Crippen molar-refractivity contribution in [3.63, 3.8) is 0 Å². The zero-order valence-corrected chi connectivity index (χ0v) is 10.6. The Morgan fingerprint density at radius 3 is 2.93 bits per heavy atom. The Balaban J connectivity index is 2.58. The minimum absolute atomic E-state index is 0.231. The summed E-state index contributed by atoms with van der Waals surface area (Å²) in [4.78, 5) is 0. The lowest BCUT2D eigenvalue weighted by Crippen LogP contribution is -2.27. The van der Waals surface area contributed by atoms with Gasteiger partial charge in [-0.2, -0.15) is 0 Å². The van der Waals surface area contributed by atoms with Crippen molar-refractivity contribution in [3.8, 4) is 0 Å². The molecule has 1 atom stereocenters. The van der Waals surface area contributed by atoms with Crippen molar-refractivity contribution >= 4 is 27.3 Å². The van der Waals surface area contributed by atoms with Crippen LogP contribution < -0.4 is 11.3 Å². The van der Waals surface area contributed by atoms with Gasteiger partial charge in [0, 0.05) is 6.04 Å². The number of halogens is 1. The SMILES string of the molecule is C=C(C)CCC(NN)c1csc(Br)c1. The fraction of sp³-hybridized carbons (Fsp3) is 0.400. The van der Waals surface area contributed by atoms with Gasteiger partial charge in [-0.1, -0.05) is 5.57 Å². The number of allylic oxidation sites excluding steroid dienone is 1. The average molecular weight is 275 g/mol. The number of hydrogen-bond acceptors (Lipinski definition) is 3. The number of nitrogens with one attached hydrogen (secondary N) is 1. The summed E-state index contributed by atoms with van der Waals surface area (Å²) >= 11 is 5.12. The van der Waals surface area contributed by atoms with Crippen LogP contribution in [0, 0.1) is 0 Å². The fourth-order valence-electron chi connectivity index (χ4n) is 1.24. The first-order valence-corrected chi connectivity index (χ1v) is 6.15. The predicted octanol–water partition coefficient (Wildman–Crippen LogP) is 3.37. The van der Waals surface area contributed by atoms with Gasteiger partial charge in [0.2, 0.25) is 0 Å². The van der Waals surface area contributed by atoms with E-state index in [-0.39, 0.29) is 6.04 Å². The monoisotopic (exact) mass is 274 g/mol. The Bertz CT molecular complexity index is 309. The van der Waals surface area contributed by atoms with E-state index in [0.717, 1.165) is 16.6 Å². The van der Waals surface area contributed by atoms with E-state index in [1.807, 2.05) is 6.92 Å². The summed E-state index contributed by atoms with van der Waals surface area (Å²) in [6, 6.07) is 2.34. The van der Waals surface area contributed by atoms with Gasteiger partial charge in [-0.3, -0.25) is 11.3 Å². The second-order valence-corrected chi connectivity index (χ2v) is 5.69. The Morgan fingerprint density at radius 1 is 1.79 bits per heavy atom. The van der Waals surface area contributed by atoms with Crippen molar-refractivity contribution < 1.29 is 0 Å². The zero-order chi connectivity index (χ0) is 10.6. The van der Waals surface area contributed by atoms with Gasteiger partial charge in [-0.05, 0) is 52.7 Å². The van der Waals surface area contributed by atoms with Gasteiger partial charge in [-0.15, -0.1) is 17.9 Å². The quantitative estimate of drug-likeness (QED) is 0.491. The number of hydrazine groups is 1. The molecule has 4 heteroatoms. The molecule has 0 aliphatic carbocycles. The fourth-order valence-corrected chi connectivity index (χ4v) is 2.47. The van der Waals surface area contributed by atoms with Crippen LogP contribution in [-0.2, 0) is 0 Å². The van der Waals surface area contributed by atoms with Gasteiger partial charge >= 0.3 is 0 Å². The first kappa shape index (κ1) is 11.9. The number of nitrogens with two attached hydrogens (primary N) is 1. The van der Waals surface area contributed by atoms with Gasteiger partial charge in [-0.25, -0.2) is 0 Å². The molecule has 0 aliphatic rings. The van der Waals surface area contributed by atoms with E-state index in [1.54, 1.807) is 11.3 Å². The Hall–Kier alpha value is -0.160. The van der Waals surface area contributed by atoms with Crippen LogP contribution in [0.5, 0.6) is 0 Å². The van der Waals surface area contributed by atoms with Crippen LogP contribution in [0.4, 0.5) is 0 Å². The van der Waals surface area contributed by atoms with E-state index in [1.165, 1.54) is 11.1 Å². The molecule has 1 heterocycles. The standard InChI is InChI=1S/C10H15BrN2S/c1-7(2)3-4-9(13-12)8-5-10(11)14-6-8/h5-6,9,13H,1,3-4,12H2,2H3. The zero-order valence-electron chi connectivity index (χ0n) is 8.22. The van der Waals surface area contributed by atoms with Crippen LogP contribution in [0.3, 0.4) is 0 Å². The molecule has 1 aromatic rings. The summed E-state index contributed by atoms with van der Waals surface area (Å²) in [5.74, 6) is 5.51. The van der Waals surface area contributed by atoms with Crippen LogP contribution in [0.25, 0.3) is 0 Å². The molecule has 0 bridgehead atoms. The molecular weight excluding hydrogens is 260 g/mol. The lowest BCUT2D eigenvalue weighted by atomic mass is 10.0. The third kappa shape index (κ3) is 3.53. The summed E-state index contributed by atoms with van der Waals surface area (Å²) in [7, 11) is 0. The highest BCUT2D eigenvalue weighted by Gasteiger charge is 2.10. The topological polar surface area (TPSA) is 38.0 Å². The summed E-state index contributed by atoms with van der Waals surface area (Å²) < 4.78 is 1.14. The van der Waals surface area contributed by atoms with Crippen molar-refractivity contribution in [2.45, 2.75) is 25.8 Å². The van der Waals surface area contributed by atoms with Crippen LogP contribution in [0.15, 0.2) is 27.4 Å². The molecule has 0 spiro atoms. The van der Waals surface area contributed by atoms with Crippen molar-refractivity contribution in [2.24, 2.45) is 5.84 Å².